The zero-order valence-electron chi connectivity index (χ0n) is 23.1. The van der Waals surface area contributed by atoms with Gasteiger partial charge in [-0.1, -0.05) is 45.8 Å². The summed E-state index contributed by atoms with van der Waals surface area (Å²) in [6.45, 7) is 16.2. The maximum absolute atomic E-state index is 14.3. The van der Waals surface area contributed by atoms with Crippen LogP contribution >= 0.6 is 0 Å². The minimum absolute atomic E-state index is 0.0930. The second-order valence-corrected chi connectivity index (χ2v) is 11.3. The van der Waals surface area contributed by atoms with Crippen molar-refractivity contribution in [3.8, 4) is 0 Å². The minimum Gasteiger partial charge on any atom is -0.465 e. The second kappa shape index (κ2) is 12.1. The summed E-state index contributed by atoms with van der Waals surface area (Å²) in [7, 11) is 0. The Morgan fingerprint density at radius 1 is 1.24 bits per heavy atom. The van der Waals surface area contributed by atoms with E-state index in [0.29, 0.717) is 32.4 Å². The van der Waals surface area contributed by atoms with Crippen molar-refractivity contribution in [3.63, 3.8) is 0 Å². The predicted octanol–water partition coefficient (Wildman–Crippen LogP) is 3.48. The number of hydrogen-bond acceptors (Lipinski definition) is 6. The van der Waals surface area contributed by atoms with Gasteiger partial charge in [-0.2, -0.15) is 0 Å². The van der Waals surface area contributed by atoms with Crippen LogP contribution in [0.1, 0.15) is 72.6 Å². The molecule has 2 unspecified atom stereocenters. The number of hydrogen-bond donors (Lipinski definition) is 1. The van der Waals surface area contributed by atoms with Crippen LogP contribution in [0.3, 0.4) is 0 Å². The van der Waals surface area contributed by atoms with E-state index in [1.807, 2.05) is 20.8 Å². The van der Waals surface area contributed by atoms with Gasteiger partial charge in [0.15, 0.2) is 0 Å². The number of unbranched alkanes of at least 4 members (excludes halogenated alkanes) is 3. The first-order valence-corrected chi connectivity index (χ1v) is 13.9. The molecule has 8 nitrogen and oxygen atoms in total. The number of fused-ring (bicyclic) bond motifs is 1. The van der Waals surface area contributed by atoms with Crippen molar-refractivity contribution in [3.05, 3.63) is 25.3 Å². The Balaban J connectivity index is 2.02. The van der Waals surface area contributed by atoms with Crippen LogP contribution in [-0.2, 0) is 23.9 Å². The third kappa shape index (κ3) is 5.24. The van der Waals surface area contributed by atoms with Crippen molar-refractivity contribution in [1.29, 1.82) is 0 Å². The molecule has 1 spiro atoms. The molecule has 0 aliphatic carbocycles. The lowest BCUT2D eigenvalue weighted by Gasteiger charge is -2.40. The van der Waals surface area contributed by atoms with E-state index in [1.54, 1.807) is 22.0 Å². The Bertz CT molecular complexity index is 874. The van der Waals surface area contributed by atoms with Crippen molar-refractivity contribution in [1.82, 2.24) is 9.80 Å². The van der Waals surface area contributed by atoms with Gasteiger partial charge in [-0.25, -0.2) is 0 Å². The molecule has 8 heteroatoms. The molecule has 0 aromatic carbocycles. The number of esters is 1. The molecular formula is C29H46N2O6. The molecular weight excluding hydrogens is 472 g/mol. The molecule has 6 atom stereocenters. The zero-order chi connectivity index (χ0) is 27.4. The molecule has 3 rings (SSSR count). The van der Waals surface area contributed by atoms with Crippen molar-refractivity contribution < 1.29 is 29.0 Å². The summed E-state index contributed by atoms with van der Waals surface area (Å²) in [4.78, 5) is 45.2. The third-order valence-corrected chi connectivity index (χ3v) is 8.51. The average Bonchev–Trinajstić information content (AvgIpc) is 3.42. The molecule has 0 radical (unpaired) electrons. The lowest BCUT2D eigenvalue weighted by molar-refractivity contribution is -0.162. The van der Waals surface area contributed by atoms with Crippen LogP contribution < -0.4 is 0 Å². The first kappa shape index (κ1) is 29.4. The Kier molecular flexibility index (Phi) is 9.62. The van der Waals surface area contributed by atoms with Gasteiger partial charge in [-0.05, 0) is 44.9 Å². The number of aliphatic hydroxyl groups is 1. The highest BCUT2D eigenvalue weighted by atomic mass is 16.6. The topological polar surface area (TPSA) is 96.4 Å². The van der Waals surface area contributed by atoms with E-state index in [9.17, 15) is 19.5 Å². The van der Waals surface area contributed by atoms with Gasteiger partial charge in [-0.3, -0.25) is 14.4 Å². The van der Waals surface area contributed by atoms with E-state index in [0.717, 1.165) is 25.7 Å². The monoisotopic (exact) mass is 518 g/mol. The van der Waals surface area contributed by atoms with Crippen LogP contribution in [0.4, 0.5) is 0 Å². The van der Waals surface area contributed by atoms with Crippen molar-refractivity contribution in [2.45, 2.75) is 95.9 Å². The summed E-state index contributed by atoms with van der Waals surface area (Å²) in [6, 6.07) is -1.48. The molecule has 3 saturated heterocycles. The Morgan fingerprint density at radius 3 is 2.57 bits per heavy atom. The first-order chi connectivity index (χ1) is 17.6. The number of rotatable bonds is 15. The molecule has 0 aromatic heterocycles. The van der Waals surface area contributed by atoms with E-state index < -0.39 is 41.1 Å². The van der Waals surface area contributed by atoms with Gasteiger partial charge in [0.25, 0.3) is 0 Å². The Hall–Kier alpha value is -2.19. The molecule has 2 bridgehead atoms. The van der Waals surface area contributed by atoms with Crippen molar-refractivity contribution in [2.75, 3.05) is 26.3 Å². The second-order valence-electron chi connectivity index (χ2n) is 11.3. The molecule has 2 amide bonds. The summed E-state index contributed by atoms with van der Waals surface area (Å²) in [5.74, 6) is -2.65. The van der Waals surface area contributed by atoms with Gasteiger partial charge in [0.1, 0.15) is 17.6 Å². The lowest BCUT2D eigenvalue weighted by Crippen LogP contribution is -2.59. The number of carbonyl (C=O) groups excluding carboxylic acids is 3. The summed E-state index contributed by atoms with van der Waals surface area (Å²) in [5.41, 5.74) is -2.00. The lowest BCUT2D eigenvalue weighted by atomic mass is 9.66. The van der Waals surface area contributed by atoms with Gasteiger partial charge >= 0.3 is 5.97 Å². The van der Waals surface area contributed by atoms with E-state index >= 15 is 0 Å². The Morgan fingerprint density at radius 2 is 1.97 bits per heavy atom. The number of aliphatic hydroxyl groups excluding tert-OH is 1. The summed E-state index contributed by atoms with van der Waals surface area (Å²) >= 11 is 0. The van der Waals surface area contributed by atoms with Crippen LogP contribution in [0.2, 0.25) is 0 Å². The van der Waals surface area contributed by atoms with E-state index in [4.69, 9.17) is 9.47 Å². The maximum atomic E-state index is 14.3. The van der Waals surface area contributed by atoms with Crippen LogP contribution in [0.25, 0.3) is 0 Å². The molecule has 37 heavy (non-hydrogen) atoms. The van der Waals surface area contributed by atoms with Crippen LogP contribution in [0, 0.1) is 17.8 Å². The molecule has 0 aromatic rings. The van der Waals surface area contributed by atoms with Gasteiger partial charge in [0, 0.05) is 13.1 Å². The smallest absolute Gasteiger partial charge is 0.312 e. The van der Waals surface area contributed by atoms with Gasteiger partial charge < -0.3 is 24.4 Å². The summed E-state index contributed by atoms with van der Waals surface area (Å²) in [6.07, 6.45) is 8.77. The van der Waals surface area contributed by atoms with E-state index in [1.165, 1.54) is 0 Å². The number of allylic oxidation sites excluding steroid dienone is 1. The SMILES string of the molecule is C=CCCCOC(=O)[C@@H]1[C@H]2C(=O)N([C@@H](CO)C(C)C)C(C(=O)N(CC=C)CCCCC)C23CC[C@@]1(C)O3. The van der Waals surface area contributed by atoms with Crippen molar-refractivity contribution in [2.24, 2.45) is 17.8 Å². The fourth-order valence-corrected chi connectivity index (χ4v) is 6.64. The predicted molar refractivity (Wildman–Crippen MR) is 141 cm³/mol. The third-order valence-electron chi connectivity index (χ3n) is 8.51. The minimum atomic E-state index is -1.12. The van der Waals surface area contributed by atoms with Crippen LogP contribution in [0.5, 0.6) is 0 Å². The molecule has 3 aliphatic rings. The van der Waals surface area contributed by atoms with Crippen LogP contribution in [-0.4, -0.2) is 82.3 Å². The van der Waals surface area contributed by atoms with Gasteiger partial charge in [-0.15, -0.1) is 13.2 Å². The highest BCUT2D eigenvalue weighted by Crippen LogP contribution is 2.63. The van der Waals surface area contributed by atoms with E-state index in [2.05, 4.69) is 20.1 Å². The standard InChI is InChI=1S/C29H46N2O6/c1-7-10-12-17-30(16-9-3)26(34)24-29-15-14-28(6,37-29)23(27(35)36-18-13-11-8-2)22(29)25(33)31(24)21(19-32)20(4)5/h8-9,20-24,32H,2-3,7,10-19H2,1,4-6H3/t21-,22-,23-,24?,28+,29?/m0/s1. The number of carbonyl (C=O) groups is 3. The maximum Gasteiger partial charge on any atom is 0.312 e. The molecule has 3 heterocycles. The fourth-order valence-electron chi connectivity index (χ4n) is 6.64. The molecule has 208 valence electrons. The van der Waals surface area contributed by atoms with Crippen LogP contribution in [0.15, 0.2) is 25.3 Å². The molecule has 3 aliphatic heterocycles. The Labute approximate surface area is 222 Å². The summed E-state index contributed by atoms with van der Waals surface area (Å²) in [5, 5.41) is 10.3. The highest BCUT2D eigenvalue weighted by Gasteiger charge is 2.79. The number of nitrogens with zero attached hydrogens (tertiary/aromatic N) is 2. The highest BCUT2D eigenvalue weighted by molar-refractivity contribution is 5.98. The van der Waals surface area contributed by atoms with Crippen molar-refractivity contribution >= 4 is 17.8 Å². The number of ether oxygens (including phenoxy) is 2. The fraction of sp³-hybridized carbons (Fsp3) is 0.759. The molecule has 0 saturated carbocycles. The molecule has 3 fully saturated rings. The average molecular weight is 519 g/mol. The van der Waals surface area contributed by atoms with Gasteiger partial charge in [0.2, 0.25) is 11.8 Å². The zero-order valence-corrected chi connectivity index (χ0v) is 23.1. The van der Waals surface area contributed by atoms with E-state index in [-0.39, 0.29) is 30.9 Å². The first-order valence-electron chi connectivity index (χ1n) is 13.9. The largest absolute Gasteiger partial charge is 0.465 e. The summed E-state index contributed by atoms with van der Waals surface area (Å²) < 4.78 is 12.3. The quantitative estimate of drug-likeness (QED) is 0.203. The van der Waals surface area contributed by atoms with Gasteiger partial charge in [0.05, 0.1) is 30.8 Å². The normalized spacial score (nSPS) is 30.9. The number of likely N-dealkylation sites (tertiary alicyclic amines) is 1. The molecule has 1 N–H and O–H groups in total. The number of amides is 2.